The topological polar surface area (TPSA) is 93.3 Å². The van der Waals surface area contributed by atoms with Gasteiger partial charge in [-0.3, -0.25) is 9.59 Å². The third-order valence-corrected chi connectivity index (χ3v) is 5.34. The molecule has 0 fully saturated rings. The van der Waals surface area contributed by atoms with Crippen LogP contribution in [0, 0.1) is 6.92 Å². The number of hydrogen-bond donors (Lipinski definition) is 1. The van der Waals surface area contributed by atoms with Crippen LogP contribution in [0.3, 0.4) is 0 Å². The van der Waals surface area contributed by atoms with E-state index in [9.17, 15) is 9.59 Å². The summed E-state index contributed by atoms with van der Waals surface area (Å²) in [5.41, 5.74) is 3.31. The summed E-state index contributed by atoms with van der Waals surface area (Å²) in [5.74, 6) is -0.162. The molecule has 0 aliphatic rings. The van der Waals surface area contributed by atoms with Crippen molar-refractivity contribution in [3.8, 4) is 5.69 Å². The van der Waals surface area contributed by atoms with E-state index >= 15 is 0 Å². The Hall–Kier alpha value is -3.94. The second-order valence-corrected chi connectivity index (χ2v) is 7.49. The number of carbonyl (C=O) groups is 2. The lowest BCUT2D eigenvalue weighted by molar-refractivity contribution is -0.115. The number of anilines is 1. The van der Waals surface area contributed by atoms with Crippen molar-refractivity contribution in [3.05, 3.63) is 71.5 Å². The SMILES string of the molecule is CCN(CC)C(=O)c1cnn(-c2ccccc2)c1NC(=O)Cc1noc2ccc(C)cc12. The highest BCUT2D eigenvalue weighted by atomic mass is 16.5. The molecule has 0 saturated heterocycles. The van der Waals surface area contributed by atoms with Gasteiger partial charge in [0.1, 0.15) is 17.1 Å². The number of amides is 2. The molecule has 2 aromatic heterocycles. The van der Waals surface area contributed by atoms with Crippen LogP contribution in [-0.4, -0.2) is 44.7 Å². The molecule has 0 unspecified atom stereocenters. The third kappa shape index (κ3) is 4.12. The maximum atomic E-state index is 13.1. The average molecular weight is 431 g/mol. The van der Waals surface area contributed by atoms with Gasteiger partial charge in [-0.15, -0.1) is 0 Å². The molecule has 1 N–H and O–H groups in total. The van der Waals surface area contributed by atoms with Gasteiger partial charge in [0.15, 0.2) is 5.58 Å². The lowest BCUT2D eigenvalue weighted by Crippen LogP contribution is -2.31. The number of rotatable bonds is 7. The van der Waals surface area contributed by atoms with Gasteiger partial charge in [0, 0.05) is 18.5 Å². The fraction of sp³-hybridized carbons (Fsp3) is 0.250. The normalized spacial score (nSPS) is 11.0. The summed E-state index contributed by atoms with van der Waals surface area (Å²) in [6, 6.07) is 15.1. The molecule has 2 amide bonds. The minimum absolute atomic E-state index is 0.00925. The molecule has 4 rings (SSSR count). The number of nitrogens with one attached hydrogen (secondary N) is 1. The number of carbonyl (C=O) groups excluding carboxylic acids is 2. The Morgan fingerprint density at radius 2 is 1.84 bits per heavy atom. The molecule has 8 heteroatoms. The van der Waals surface area contributed by atoms with Gasteiger partial charge in [0.2, 0.25) is 5.91 Å². The van der Waals surface area contributed by atoms with Gasteiger partial charge in [-0.25, -0.2) is 4.68 Å². The largest absolute Gasteiger partial charge is 0.356 e. The predicted molar refractivity (Wildman–Crippen MR) is 122 cm³/mol. The molecule has 0 atom stereocenters. The van der Waals surface area contributed by atoms with E-state index in [-0.39, 0.29) is 18.2 Å². The Bertz CT molecular complexity index is 1260. The Kier molecular flexibility index (Phi) is 6.02. The first kappa shape index (κ1) is 21.3. The summed E-state index contributed by atoms with van der Waals surface area (Å²) in [5, 5.41) is 12.1. The summed E-state index contributed by atoms with van der Waals surface area (Å²) in [4.78, 5) is 27.8. The van der Waals surface area contributed by atoms with Crippen LogP contribution in [0.15, 0.2) is 59.3 Å². The molecule has 2 aromatic carbocycles. The first-order valence-electron chi connectivity index (χ1n) is 10.6. The maximum absolute atomic E-state index is 13.1. The molecule has 0 saturated carbocycles. The fourth-order valence-corrected chi connectivity index (χ4v) is 3.63. The lowest BCUT2D eigenvalue weighted by Gasteiger charge is -2.19. The van der Waals surface area contributed by atoms with Crippen molar-refractivity contribution in [1.29, 1.82) is 0 Å². The number of hydrogen-bond acceptors (Lipinski definition) is 5. The standard InChI is InChI=1S/C24H25N5O3/c1-4-28(5-2)24(31)19-15-25-29(17-9-7-6-8-10-17)23(19)26-22(30)14-20-18-13-16(3)11-12-21(18)32-27-20/h6-13,15H,4-5,14H2,1-3H3,(H,26,30). The van der Waals surface area contributed by atoms with Gasteiger partial charge in [-0.1, -0.05) is 35.0 Å². The molecule has 0 bridgehead atoms. The van der Waals surface area contributed by atoms with E-state index < -0.39 is 0 Å². The van der Waals surface area contributed by atoms with Gasteiger partial charge in [-0.05, 0) is 45.0 Å². The lowest BCUT2D eigenvalue weighted by atomic mass is 10.1. The van der Waals surface area contributed by atoms with Crippen molar-refractivity contribution in [2.45, 2.75) is 27.2 Å². The summed E-state index contributed by atoms with van der Waals surface area (Å²) < 4.78 is 6.92. The monoisotopic (exact) mass is 431 g/mol. The molecule has 4 aromatic rings. The van der Waals surface area contributed by atoms with Crippen molar-refractivity contribution >= 4 is 28.6 Å². The van der Waals surface area contributed by atoms with E-state index in [0.717, 1.165) is 16.6 Å². The molecule has 32 heavy (non-hydrogen) atoms. The van der Waals surface area contributed by atoms with Crippen molar-refractivity contribution in [3.63, 3.8) is 0 Å². The van der Waals surface area contributed by atoms with Crippen LogP contribution in [0.4, 0.5) is 5.82 Å². The summed E-state index contributed by atoms with van der Waals surface area (Å²) >= 11 is 0. The van der Waals surface area contributed by atoms with Gasteiger partial charge < -0.3 is 14.7 Å². The number of nitrogens with zero attached hydrogens (tertiary/aromatic N) is 4. The molecule has 2 heterocycles. The average Bonchev–Trinajstić information content (AvgIpc) is 3.39. The predicted octanol–water partition coefficient (Wildman–Crippen LogP) is 3.99. The van der Waals surface area contributed by atoms with Crippen LogP contribution in [0.2, 0.25) is 0 Å². The number of fused-ring (bicyclic) bond motifs is 1. The summed E-state index contributed by atoms with van der Waals surface area (Å²) in [6.07, 6.45) is 1.51. The van der Waals surface area contributed by atoms with Crippen molar-refractivity contribution < 1.29 is 14.1 Å². The first-order chi connectivity index (χ1) is 15.5. The zero-order valence-electron chi connectivity index (χ0n) is 18.3. The minimum Gasteiger partial charge on any atom is -0.356 e. The highest BCUT2D eigenvalue weighted by molar-refractivity contribution is 6.03. The minimum atomic E-state index is -0.312. The van der Waals surface area contributed by atoms with E-state index in [1.54, 1.807) is 9.58 Å². The van der Waals surface area contributed by atoms with Crippen LogP contribution in [-0.2, 0) is 11.2 Å². The van der Waals surface area contributed by atoms with Gasteiger partial charge in [-0.2, -0.15) is 5.10 Å². The molecule has 0 aliphatic heterocycles. The van der Waals surface area contributed by atoms with E-state index in [1.807, 2.05) is 69.3 Å². The molecule has 0 spiro atoms. The molecule has 0 radical (unpaired) electrons. The fourth-order valence-electron chi connectivity index (χ4n) is 3.63. The Morgan fingerprint density at radius 1 is 1.09 bits per heavy atom. The third-order valence-electron chi connectivity index (χ3n) is 5.34. The Morgan fingerprint density at radius 3 is 2.56 bits per heavy atom. The number of aromatic nitrogens is 3. The van der Waals surface area contributed by atoms with Gasteiger partial charge >= 0.3 is 0 Å². The molecular weight excluding hydrogens is 406 g/mol. The second kappa shape index (κ2) is 9.05. The molecule has 8 nitrogen and oxygen atoms in total. The number of para-hydroxylation sites is 1. The van der Waals surface area contributed by atoms with E-state index in [4.69, 9.17) is 4.52 Å². The van der Waals surface area contributed by atoms with Crippen molar-refractivity contribution in [2.75, 3.05) is 18.4 Å². The number of aryl methyl sites for hydroxylation is 1. The van der Waals surface area contributed by atoms with Crippen molar-refractivity contribution in [2.24, 2.45) is 0 Å². The summed E-state index contributed by atoms with van der Waals surface area (Å²) in [6.45, 7) is 6.92. The van der Waals surface area contributed by atoms with E-state index in [2.05, 4.69) is 15.6 Å². The van der Waals surface area contributed by atoms with Crippen LogP contribution < -0.4 is 5.32 Å². The van der Waals surface area contributed by atoms with Gasteiger partial charge in [0.25, 0.3) is 5.91 Å². The van der Waals surface area contributed by atoms with E-state index in [0.29, 0.717) is 35.7 Å². The Balaban J connectivity index is 1.67. The summed E-state index contributed by atoms with van der Waals surface area (Å²) in [7, 11) is 0. The maximum Gasteiger partial charge on any atom is 0.259 e. The number of benzene rings is 2. The Labute approximate surface area is 185 Å². The smallest absolute Gasteiger partial charge is 0.259 e. The molecule has 164 valence electrons. The molecule has 0 aliphatic carbocycles. The van der Waals surface area contributed by atoms with Crippen LogP contribution in [0.1, 0.15) is 35.5 Å². The molecular formula is C24H25N5O3. The first-order valence-corrected chi connectivity index (χ1v) is 10.6. The highest BCUT2D eigenvalue weighted by Crippen LogP contribution is 2.24. The van der Waals surface area contributed by atoms with E-state index in [1.165, 1.54) is 6.20 Å². The van der Waals surface area contributed by atoms with Crippen molar-refractivity contribution in [1.82, 2.24) is 19.8 Å². The zero-order chi connectivity index (χ0) is 22.7. The van der Waals surface area contributed by atoms with Crippen LogP contribution in [0.5, 0.6) is 0 Å². The quantitative estimate of drug-likeness (QED) is 0.478. The van der Waals surface area contributed by atoms with Gasteiger partial charge in [0.05, 0.1) is 18.3 Å². The second-order valence-electron chi connectivity index (χ2n) is 7.49. The highest BCUT2D eigenvalue weighted by Gasteiger charge is 2.24. The van der Waals surface area contributed by atoms with Crippen LogP contribution in [0.25, 0.3) is 16.7 Å². The van der Waals surface area contributed by atoms with Crippen LogP contribution >= 0.6 is 0 Å². The zero-order valence-corrected chi connectivity index (χ0v) is 18.3.